The van der Waals surface area contributed by atoms with E-state index < -0.39 is 0 Å². The molecule has 0 saturated heterocycles. The number of fused-ring (bicyclic) bond motifs is 2. The first-order chi connectivity index (χ1) is 11.2. The quantitative estimate of drug-likeness (QED) is 0.763. The summed E-state index contributed by atoms with van der Waals surface area (Å²) >= 11 is 0. The number of pyridine rings is 1. The van der Waals surface area contributed by atoms with Gasteiger partial charge in [-0.1, -0.05) is 18.2 Å². The van der Waals surface area contributed by atoms with Crippen LogP contribution in [0, 0.1) is 6.92 Å². The summed E-state index contributed by atoms with van der Waals surface area (Å²) in [6, 6.07) is 9.49. The number of hydrogen-bond donors (Lipinski definition) is 2. The van der Waals surface area contributed by atoms with Crippen molar-refractivity contribution in [1.29, 1.82) is 0 Å². The minimum atomic E-state index is -0.193. The number of ether oxygens (including phenoxy) is 1. The van der Waals surface area contributed by atoms with Crippen LogP contribution in [0.2, 0.25) is 0 Å². The number of benzene rings is 1. The van der Waals surface area contributed by atoms with Gasteiger partial charge in [0, 0.05) is 16.6 Å². The van der Waals surface area contributed by atoms with E-state index in [9.17, 15) is 4.79 Å². The van der Waals surface area contributed by atoms with Crippen LogP contribution < -0.4 is 10.1 Å². The molecule has 0 fully saturated rings. The fraction of sp³-hybridized carbons (Fsp3) is 0.118. The molecule has 0 atom stereocenters. The molecule has 1 aliphatic heterocycles. The van der Waals surface area contributed by atoms with Crippen molar-refractivity contribution >= 4 is 28.7 Å². The Balaban J connectivity index is 1.60. The van der Waals surface area contributed by atoms with Crippen LogP contribution in [0.25, 0.3) is 17.1 Å². The number of nitrogens with one attached hydrogen (secondary N) is 2. The lowest BCUT2D eigenvalue weighted by Crippen LogP contribution is -2.21. The smallest absolute Gasteiger partial charge is 0.255 e. The topological polar surface area (TPSA) is 79.9 Å². The number of anilines is 1. The van der Waals surface area contributed by atoms with Crippen LogP contribution in [0.3, 0.4) is 0 Å². The molecule has 0 bridgehead atoms. The molecule has 0 unspecified atom stereocenters. The summed E-state index contributed by atoms with van der Waals surface area (Å²) in [5.74, 6) is 0.600. The molecule has 23 heavy (non-hydrogen) atoms. The first-order valence-electron chi connectivity index (χ1n) is 7.25. The van der Waals surface area contributed by atoms with Crippen molar-refractivity contribution in [2.24, 2.45) is 0 Å². The molecule has 0 spiro atoms. The van der Waals surface area contributed by atoms with Crippen molar-refractivity contribution < 1.29 is 9.53 Å². The van der Waals surface area contributed by atoms with Crippen molar-refractivity contribution in [2.45, 2.75) is 6.92 Å². The molecule has 4 rings (SSSR count). The zero-order valence-corrected chi connectivity index (χ0v) is 12.5. The highest BCUT2D eigenvalue weighted by molar-refractivity contribution is 6.08. The highest BCUT2D eigenvalue weighted by Gasteiger charge is 2.17. The molecule has 6 heteroatoms. The maximum absolute atomic E-state index is 12.4. The number of para-hydroxylation sites is 1. The third-order valence-electron chi connectivity index (χ3n) is 3.78. The van der Waals surface area contributed by atoms with Crippen LogP contribution in [0.15, 0.2) is 42.1 Å². The van der Waals surface area contributed by atoms with Crippen LogP contribution in [0.4, 0.5) is 5.69 Å². The number of amides is 1. The van der Waals surface area contributed by atoms with Gasteiger partial charge in [-0.15, -0.1) is 0 Å². The van der Waals surface area contributed by atoms with Gasteiger partial charge in [0.1, 0.15) is 12.4 Å². The fourth-order valence-electron chi connectivity index (χ4n) is 2.55. The van der Waals surface area contributed by atoms with Gasteiger partial charge in [0.2, 0.25) is 0 Å². The van der Waals surface area contributed by atoms with Crippen molar-refractivity contribution in [3.8, 4) is 5.75 Å². The summed E-state index contributed by atoms with van der Waals surface area (Å²) in [5, 5.41) is 10.7. The summed E-state index contributed by atoms with van der Waals surface area (Å²) in [4.78, 5) is 16.7. The molecule has 3 aromatic rings. The average Bonchev–Trinajstić information content (AvgIpc) is 2.95. The number of carbonyl (C=O) groups is 1. The van der Waals surface area contributed by atoms with E-state index >= 15 is 0 Å². The molecule has 114 valence electrons. The number of rotatable bonds is 2. The predicted octanol–water partition coefficient (Wildman–Crippen LogP) is 2.68. The Morgan fingerprint density at radius 3 is 3.13 bits per heavy atom. The molecule has 1 amide bonds. The number of aromatic nitrogens is 3. The SMILES string of the molecule is Cc1[nH]nc2ncc(NC(=O)C3=Cc4ccccc4OC3)cc12. The lowest BCUT2D eigenvalue weighted by atomic mass is 10.1. The van der Waals surface area contributed by atoms with Gasteiger partial charge in [-0.3, -0.25) is 9.89 Å². The second kappa shape index (κ2) is 5.24. The monoisotopic (exact) mass is 306 g/mol. The molecule has 2 N–H and O–H groups in total. The van der Waals surface area contributed by atoms with E-state index in [1.54, 1.807) is 6.20 Å². The summed E-state index contributed by atoms with van der Waals surface area (Å²) in [7, 11) is 0. The second-order valence-electron chi connectivity index (χ2n) is 5.39. The lowest BCUT2D eigenvalue weighted by molar-refractivity contribution is -0.113. The molecule has 0 radical (unpaired) electrons. The molecule has 2 aromatic heterocycles. The first kappa shape index (κ1) is 13.5. The van der Waals surface area contributed by atoms with E-state index in [1.165, 1.54) is 0 Å². The van der Waals surface area contributed by atoms with Crippen molar-refractivity contribution in [2.75, 3.05) is 11.9 Å². The van der Waals surface area contributed by atoms with Crippen molar-refractivity contribution in [1.82, 2.24) is 15.2 Å². The van der Waals surface area contributed by atoms with E-state index in [0.717, 1.165) is 22.4 Å². The maximum Gasteiger partial charge on any atom is 0.255 e. The van der Waals surface area contributed by atoms with Crippen molar-refractivity contribution in [3.05, 3.63) is 53.4 Å². The zero-order chi connectivity index (χ0) is 15.8. The summed E-state index contributed by atoms with van der Waals surface area (Å²) in [6.07, 6.45) is 3.45. The summed E-state index contributed by atoms with van der Waals surface area (Å²) in [6.45, 7) is 2.17. The number of H-pyrrole nitrogens is 1. The number of aromatic amines is 1. The minimum Gasteiger partial charge on any atom is -0.488 e. The van der Waals surface area contributed by atoms with Gasteiger partial charge in [0.05, 0.1) is 17.5 Å². The Morgan fingerprint density at radius 1 is 1.35 bits per heavy atom. The highest BCUT2D eigenvalue weighted by Crippen LogP contribution is 2.26. The second-order valence-corrected chi connectivity index (χ2v) is 5.39. The number of hydrogen-bond acceptors (Lipinski definition) is 4. The maximum atomic E-state index is 12.4. The van der Waals surface area contributed by atoms with Crippen LogP contribution in [0.5, 0.6) is 5.75 Å². The van der Waals surface area contributed by atoms with Crippen LogP contribution in [-0.2, 0) is 4.79 Å². The van der Waals surface area contributed by atoms with E-state index in [0.29, 0.717) is 16.9 Å². The van der Waals surface area contributed by atoms with Gasteiger partial charge < -0.3 is 10.1 Å². The first-order valence-corrected chi connectivity index (χ1v) is 7.25. The standard InChI is InChI=1S/C17H14N4O2/c1-10-14-7-13(8-18-16(14)21-20-10)19-17(22)12-6-11-4-2-3-5-15(11)23-9-12/h2-8H,9H2,1H3,(H,19,22)(H,18,20,21). The van der Waals surface area contributed by atoms with Gasteiger partial charge in [-0.2, -0.15) is 5.10 Å². The van der Waals surface area contributed by atoms with E-state index in [2.05, 4.69) is 20.5 Å². The summed E-state index contributed by atoms with van der Waals surface area (Å²) < 4.78 is 5.61. The van der Waals surface area contributed by atoms with Crippen LogP contribution in [0.1, 0.15) is 11.3 Å². The Kier molecular flexibility index (Phi) is 3.08. The van der Waals surface area contributed by atoms with Gasteiger partial charge in [-0.25, -0.2) is 4.98 Å². The number of carbonyl (C=O) groups excluding carboxylic acids is 1. The van der Waals surface area contributed by atoms with Gasteiger partial charge in [0.25, 0.3) is 5.91 Å². The van der Waals surface area contributed by atoms with Gasteiger partial charge >= 0.3 is 0 Å². The summed E-state index contributed by atoms with van der Waals surface area (Å²) in [5.41, 5.74) is 3.66. The molecular formula is C17H14N4O2. The third-order valence-corrected chi connectivity index (χ3v) is 3.78. The molecular weight excluding hydrogens is 292 g/mol. The molecule has 1 aromatic carbocycles. The average molecular weight is 306 g/mol. The number of aryl methyl sites for hydroxylation is 1. The van der Waals surface area contributed by atoms with E-state index in [-0.39, 0.29) is 12.5 Å². The third kappa shape index (κ3) is 2.44. The molecule has 0 aliphatic carbocycles. The largest absolute Gasteiger partial charge is 0.488 e. The van der Waals surface area contributed by atoms with Crippen molar-refractivity contribution in [3.63, 3.8) is 0 Å². The Labute approximate surface area is 132 Å². The van der Waals surface area contributed by atoms with Gasteiger partial charge in [-0.05, 0) is 25.1 Å². The Hall–Kier alpha value is -3.15. The van der Waals surface area contributed by atoms with Crippen LogP contribution >= 0.6 is 0 Å². The van der Waals surface area contributed by atoms with E-state index in [1.807, 2.05) is 43.3 Å². The van der Waals surface area contributed by atoms with Gasteiger partial charge in [0.15, 0.2) is 5.65 Å². The highest BCUT2D eigenvalue weighted by atomic mass is 16.5. The zero-order valence-electron chi connectivity index (χ0n) is 12.5. The predicted molar refractivity (Wildman–Crippen MR) is 87.2 cm³/mol. The van der Waals surface area contributed by atoms with E-state index in [4.69, 9.17) is 4.74 Å². The number of nitrogens with zero attached hydrogens (tertiary/aromatic N) is 2. The fourth-order valence-corrected chi connectivity index (χ4v) is 2.55. The van der Waals surface area contributed by atoms with Crippen LogP contribution in [-0.4, -0.2) is 27.7 Å². The lowest BCUT2D eigenvalue weighted by Gasteiger charge is -2.17. The Morgan fingerprint density at radius 2 is 2.22 bits per heavy atom. The molecule has 0 saturated carbocycles. The minimum absolute atomic E-state index is 0.193. The Bertz CT molecular complexity index is 943. The molecule has 3 heterocycles. The molecule has 6 nitrogen and oxygen atoms in total. The normalized spacial score (nSPS) is 13.2. The molecule has 1 aliphatic rings.